The third-order valence-corrected chi connectivity index (χ3v) is 8.57. The molecule has 0 spiro atoms. The molecule has 1 aliphatic carbocycles. The average molecular weight is 477 g/mol. The first-order chi connectivity index (χ1) is 16.7. The summed E-state index contributed by atoms with van der Waals surface area (Å²) in [4.78, 5) is 30.4. The summed E-state index contributed by atoms with van der Waals surface area (Å²) in [5, 5.41) is 0.949. The van der Waals surface area contributed by atoms with Gasteiger partial charge in [-0.1, -0.05) is 41.7 Å². The third-order valence-electron chi connectivity index (χ3n) is 7.46. The van der Waals surface area contributed by atoms with E-state index < -0.39 is 0 Å². The third kappa shape index (κ3) is 4.73. The summed E-state index contributed by atoms with van der Waals surface area (Å²) in [5.41, 5.74) is 3.25. The van der Waals surface area contributed by atoms with Crippen molar-refractivity contribution in [3.63, 3.8) is 0 Å². The van der Waals surface area contributed by atoms with Crippen LogP contribution in [0.15, 0.2) is 30.3 Å². The van der Waals surface area contributed by atoms with Crippen molar-refractivity contribution in [2.45, 2.75) is 69.7 Å². The lowest BCUT2D eigenvalue weighted by atomic mass is 9.96. The molecule has 3 fully saturated rings. The smallest absolute Gasteiger partial charge is 0.188 e. The van der Waals surface area contributed by atoms with E-state index in [1.807, 2.05) is 18.2 Å². The average Bonchev–Trinajstić information content (AvgIpc) is 3.43. The first-order valence-corrected chi connectivity index (χ1v) is 13.6. The molecule has 0 N–H and O–H groups in total. The van der Waals surface area contributed by atoms with Crippen LogP contribution in [0, 0.1) is 5.92 Å². The monoisotopic (exact) mass is 476 g/mol. The predicted octanol–water partition coefficient (Wildman–Crippen LogP) is 5.10. The van der Waals surface area contributed by atoms with E-state index in [0.717, 1.165) is 79.6 Å². The first-order valence-electron chi connectivity index (χ1n) is 12.8. The lowest BCUT2D eigenvalue weighted by molar-refractivity contribution is -0.120. The van der Waals surface area contributed by atoms with E-state index in [9.17, 15) is 4.79 Å². The molecule has 0 unspecified atom stereocenters. The van der Waals surface area contributed by atoms with Gasteiger partial charge in [-0.05, 0) is 56.4 Å². The van der Waals surface area contributed by atoms with Crippen LogP contribution in [0.25, 0.3) is 10.3 Å². The Bertz CT molecular complexity index is 1150. The second kappa shape index (κ2) is 9.70. The van der Waals surface area contributed by atoms with E-state index in [0.29, 0.717) is 24.0 Å². The van der Waals surface area contributed by atoms with Crippen LogP contribution in [0.2, 0.25) is 0 Å². The summed E-state index contributed by atoms with van der Waals surface area (Å²) in [6, 6.07) is 10.2. The minimum Gasteiger partial charge on any atom is -0.381 e. The van der Waals surface area contributed by atoms with Crippen molar-refractivity contribution < 1.29 is 9.53 Å². The summed E-state index contributed by atoms with van der Waals surface area (Å²) in [6.45, 7) is 2.58. The maximum absolute atomic E-state index is 13.2. The number of aromatic nitrogens is 3. The zero-order valence-corrected chi connectivity index (χ0v) is 20.4. The number of fused-ring (bicyclic) bond motifs is 1. The highest BCUT2D eigenvalue weighted by Crippen LogP contribution is 2.45. The van der Waals surface area contributed by atoms with E-state index in [4.69, 9.17) is 19.7 Å². The van der Waals surface area contributed by atoms with Gasteiger partial charge in [0.2, 0.25) is 0 Å². The lowest BCUT2D eigenvalue weighted by Gasteiger charge is -2.22. The first kappa shape index (κ1) is 22.1. The Kier molecular flexibility index (Phi) is 6.31. The van der Waals surface area contributed by atoms with Crippen molar-refractivity contribution in [2.24, 2.45) is 5.92 Å². The number of ether oxygens (including phenoxy) is 1. The molecule has 3 aliphatic rings. The van der Waals surface area contributed by atoms with Gasteiger partial charge in [0.15, 0.2) is 16.6 Å². The minimum absolute atomic E-state index is 0.0664. The number of thiazole rings is 1. The number of hydrogen-bond acceptors (Lipinski definition) is 7. The Balaban J connectivity index is 1.23. The van der Waals surface area contributed by atoms with Gasteiger partial charge in [0.1, 0.15) is 5.82 Å². The SMILES string of the molecule is O=C(CCc1ccccc1)[C@H]1CCCN1c1nc2nc(CC3CCOCC3)nc(C3CC3)c2s1. The van der Waals surface area contributed by atoms with Gasteiger partial charge in [-0.2, -0.15) is 4.98 Å². The fourth-order valence-electron chi connectivity index (χ4n) is 5.35. The van der Waals surface area contributed by atoms with Crippen LogP contribution in [-0.4, -0.2) is 46.5 Å². The molecule has 4 heterocycles. The predicted molar refractivity (Wildman–Crippen MR) is 135 cm³/mol. The van der Waals surface area contributed by atoms with Gasteiger partial charge in [0.25, 0.3) is 0 Å². The van der Waals surface area contributed by atoms with Crippen LogP contribution in [0.3, 0.4) is 0 Å². The molecule has 2 saturated heterocycles. The zero-order valence-electron chi connectivity index (χ0n) is 19.6. The molecule has 178 valence electrons. The molecule has 2 aromatic heterocycles. The number of hydrogen-bond donors (Lipinski definition) is 0. The molecule has 7 heteroatoms. The fourth-order valence-corrected chi connectivity index (χ4v) is 6.50. The van der Waals surface area contributed by atoms with Gasteiger partial charge in [0, 0.05) is 38.5 Å². The fraction of sp³-hybridized carbons (Fsp3) is 0.556. The lowest BCUT2D eigenvalue weighted by Crippen LogP contribution is -2.36. The van der Waals surface area contributed by atoms with Crippen LogP contribution in [0.4, 0.5) is 5.13 Å². The van der Waals surface area contributed by atoms with Gasteiger partial charge in [-0.15, -0.1) is 0 Å². The number of ketones is 1. The number of Topliss-reactive ketones (excluding diaryl/α,β-unsaturated/α-hetero) is 1. The minimum atomic E-state index is -0.0664. The summed E-state index contributed by atoms with van der Waals surface area (Å²) in [5.74, 6) is 2.42. The van der Waals surface area contributed by atoms with Crippen LogP contribution >= 0.6 is 11.3 Å². The van der Waals surface area contributed by atoms with Crippen molar-refractivity contribution >= 4 is 32.6 Å². The molecule has 0 radical (unpaired) electrons. The molecule has 1 atom stereocenters. The summed E-state index contributed by atoms with van der Waals surface area (Å²) >= 11 is 1.70. The highest BCUT2D eigenvalue weighted by atomic mass is 32.1. The molecule has 34 heavy (non-hydrogen) atoms. The van der Waals surface area contributed by atoms with Gasteiger partial charge >= 0.3 is 0 Å². The van der Waals surface area contributed by atoms with Gasteiger partial charge in [-0.25, -0.2) is 9.97 Å². The van der Waals surface area contributed by atoms with Crippen molar-refractivity contribution in [1.82, 2.24) is 15.0 Å². The highest BCUT2D eigenvalue weighted by molar-refractivity contribution is 7.22. The summed E-state index contributed by atoms with van der Waals surface area (Å²) < 4.78 is 6.66. The maximum Gasteiger partial charge on any atom is 0.188 e. The Hall–Kier alpha value is -2.38. The Morgan fingerprint density at radius 1 is 1.03 bits per heavy atom. The number of aryl methyl sites for hydroxylation is 1. The van der Waals surface area contributed by atoms with Gasteiger partial charge in [-0.3, -0.25) is 4.79 Å². The molecule has 2 aliphatic heterocycles. The molecule has 3 aromatic rings. The quantitative estimate of drug-likeness (QED) is 0.450. The summed E-state index contributed by atoms with van der Waals surface area (Å²) in [6.07, 6.45) is 8.84. The number of rotatable bonds is 8. The van der Waals surface area contributed by atoms with Crippen molar-refractivity contribution in [3.05, 3.63) is 47.4 Å². The number of nitrogens with zero attached hydrogens (tertiary/aromatic N) is 4. The number of anilines is 1. The molecule has 1 aromatic carbocycles. The molecule has 0 amide bonds. The van der Waals surface area contributed by atoms with E-state index in [1.54, 1.807) is 11.3 Å². The standard InChI is InChI=1S/C27H32N4O2S/c32-22(11-8-18-5-2-1-3-6-18)21-7-4-14-31(21)27-30-26-25(34-27)24(20-9-10-20)28-23(29-26)17-19-12-15-33-16-13-19/h1-3,5-6,19-21H,4,7-17H2/t21-/m1/s1. The Labute approximate surface area is 204 Å². The van der Waals surface area contributed by atoms with E-state index >= 15 is 0 Å². The molecular formula is C27H32N4O2S. The van der Waals surface area contributed by atoms with Crippen LogP contribution in [0.1, 0.15) is 67.9 Å². The van der Waals surface area contributed by atoms with Crippen LogP contribution in [0.5, 0.6) is 0 Å². The second-order valence-corrected chi connectivity index (χ2v) is 11.0. The normalized spacial score (nSPS) is 21.4. The van der Waals surface area contributed by atoms with E-state index in [-0.39, 0.29) is 6.04 Å². The van der Waals surface area contributed by atoms with Crippen molar-refractivity contribution in [1.29, 1.82) is 0 Å². The molecular weight excluding hydrogens is 444 g/mol. The van der Waals surface area contributed by atoms with Gasteiger partial charge in [0.05, 0.1) is 16.4 Å². The summed E-state index contributed by atoms with van der Waals surface area (Å²) in [7, 11) is 0. The van der Waals surface area contributed by atoms with Gasteiger partial charge < -0.3 is 9.64 Å². The van der Waals surface area contributed by atoms with Crippen molar-refractivity contribution in [3.8, 4) is 0 Å². The largest absolute Gasteiger partial charge is 0.381 e. The molecule has 1 saturated carbocycles. The van der Waals surface area contributed by atoms with E-state index in [2.05, 4.69) is 17.0 Å². The molecule has 6 rings (SSSR count). The topological polar surface area (TPSA) is 68.2 Å². The molecule has 0 bridgehead atoms. The number of carbonyl (C=O) groups is 1. The highest BCUT2D eigenvalue weighted by Gasteiger charge is 2.34. The molecule has 6 nitrogen and oxygen atoms in total. The van der Waals surface area contributed by atoms with E-state index in [1.165, 1.54) is 24.1 Å². The van der Waals surface area contributed by atoms with Crippen LogP contribution in [-0.2, 0) is 22.4 Å². The Morgan fingerprint density at radius 2 is 1.85 bits per heavy atom. The number of carbonyl (C=O) groups excluding carboxylic acids is 1. The van der Waals surface area contributed by atoms with Crippen molar-refractivity contribution in [2.75, 3.05) is 24.7 Å². The zero-order chi connectivity index (χ0) is 22.9. The second-order valence-electron chi connectivity index (χ2n) is 10.0. The Morgan fingerprint density at radius 3 is 2.65 bits per heavy atom. The number of benzene rings is 1. The van der Waals surface area contributed by atoms with Crippen LogP contribution < -0.4 is 4.90 Å². The maximum atomic E-state index is 13.2.